The van der Waals surface area contributed by atoms with Crippen molar-refractivity contribution in [1.82, 2.24) is 0 Å². The quantitative estimate of drug-likeness (QED) is 0.879. The smallest absolute Gasteiger partial charge is 0.309 e. The van der Waals surface area contributed by atoms with Gasteiger partial charge in [0.2, 0.25) is 0 Å². The summed E-state index contributed by atoms with van der Waals surface area (Å²) in [5, 5.41) is 9.58. The molecular formula is C17H24O2. The molecule has 2 nitrogen and oxygen atoms in total. The van der Waals surface area contributed by atoms with Crippen LogP contribution in [-0.2, 0) is 11.2 Å². The van der Waals surface area contributed by atoms with Gasteiger partial charge in [-0.3, -0.25) is 4.79 Å². The fourth-order valence-corrected chi connectivity index (χ4v) is 3.15. The lowest BCUT2D eigenvalue weighted by atomic mass is 9.68. The largest absolute Gasteiger partial charge is 0.481 e. The van der Waals surface area contributed by atoms with Crippen LogP contribution in [0.25, 0.3) is 0 Å². The topological polar surface area (TPSA) is 37.3 Å². The minimum Gasteiger partial charge on any atom is -0.481 e. The Hall–Kier alpha value is -1.31. The predicted octanol–water partition coefficient (Wildman–Crippen LogP) is 4.24. The molecule has 104 valence electrons. The van der Waals surface area contributed by atoms with Crippen LogP contribution in [0.3, 0.4) is 0 Å². The molecule has 0 saturated carbocycles. The highest BCUT2D eigenvalue weighted by Gasteiger charge is 2.39. The van der Waals surface area contributed by atoms with E-state index in [2.05, 4.69) is 24.3 Å². The van der Waals surface area contributed by atoms with E-state index in [0.717, 1.165) is 19.3 Å². The minimum atomic E-state index is -0.662. The van der Waals surface area contributed by atoms with Gasteiger partial charge in [0, 0.05) is 0 Å². The summed E-state index contributed by atoms with van der Waals surface area (Å²) in [4.78, 5) is 11.6. The molecule has 0 fully saturated rings. The molecule has 0 radical (unpaired) electrons. The summed E-state index contributed by atoms with van der Waals surface area (Å²) in [6.45, 7) is 5.93. The number of aliphatic carboxylic acids is 1. The fourth-order valence-electron chi connectivity index (χ4n) is 3.15. The van der Waals surface area contributed by atoms with Gasteiger partial charge in [0.05, 0.1) is 5.41 Å². The second-order valence-corrected chi connectivity index (χ2v) is 6.37. The molecule has 0 aliphatic heterocycles. The van der Waals surface area contributed by atoms with Crippen LogP contribution in [0.1, 0.15) is 57.1 Å². The van der Waals surface area contributed by atoms with E-state index in [9.17, 15) is 9.90 Å². The molecule has 0 amide bonds. The van der Waals surface area contributed by atoms with Gasteiger partial charge in [-0.25, -0.2) is 0 Å². The summed E-state index contributed by atoms with van der Waals surface area (Å²) in [5.74, 6) is -0.113. The molecule has 0 saturated heterocycles. The molecule has 19 heavy (non-hydrogen) atoms. The molecule has 2 unspecified atom stereocenters. The van der Waals surface area contributed by atoms with Gasteiger partial charge in [-0.1, -0.05) is 38.1 Å². The van der Waals surface area contributed by atoms with Gasteiger partial charge in [-0.15, -0.1) is 0 Å². The molecule has 2 rings (SSSR count). The van der Waals surface area contributed by atoms with Gasteiger partial charge >= 0.3 is 5.97 Å². The first-order chi connectivity index (χ1) is 8.95. The van der Waals surface area contributed by atoms with Crippen LogP contribution in [0, 0.1) is 11.3 Å². The normalized spacial score (nSPS) is 21.8. The van der Waals surface area contributed by atoms with E-state index in [1.165, 1.54) is 17.5 Å². The Morgan fingerprint density at radius 2 is 2.11 bits per heavy atom. The van der Waals surface area contributed by atoms with E-state index in [-0.39, 0.29) is 5.92 Å². The lowest BCUT2D eigenvalue weighted by Crippen LogP contribution is -2.35. The van der Waals surface area contributed by atoms with Crippen molar-refractivity contribution in [3.05, 3.63) is 35.4 Å². The number of carboxylic acids is 1. The average Bonchev–Trinajstić information content (AvgIpc) is 2.38. The zero-order chi connectivity index (χ0) is 14.0. The third-order valence-corrected chi connectivity index (χ3v) is 4.93. The predicted molar refractivity (Wildman–Crippen MR) is 77.3 cm³/mol. The van der Waals surface area contributed by atoms with Crippen LogP contribution in [0.15, 0.2) is 24.3 Å². The summed E-state index contributed by atoms with van der Waals surface area (Å²) < 4.78 is 0. The number of rotatable bonds is 4. The standard InChI is InChI=1S/C17H24O2/c1-12(2)17(3,16(18)19)11-14-9-6-8-13-7-4-5-10-15(13)14/h4-5,7,10,12,14H,6,8-9,11H2,1-3H3,(H,18,19). The summed E-state index contributed by atoms with van der Waals surface area (Å²) in [6, 6.07) is 8.53. The van der Waals surface area contributed by atoms with Gasteiger partial charge in [-0.2, -0.15) is 0 Å². The molecular weight excluding hydrogens is 236 g/mol. The number of carbonyl (C=O) groups is 1. The molecule has 0 spiro atoms. The minimum absolute atomic E-state index is 0.152. The van der Waals surface area contributed by atoms with Gasteiger partial charge in [0.25, 0.3) is 0 Å². The number of hydrogen-bond donors (Lipinski definition) is 1. The van der Waals surface area contributed by atoms with Crippen molar-refractivity contribution < 1.29 is 9.90 Å². The van der Waals surface area contributed by atoms with Crippen molar-refractivity contribution in [3.8, 4) is 0 Å². The average molecular weight is 260 g/mol. The van der Waals surface area contributed by atoms with Crippen molar-refractivity contribution >= 4 is 5.97 Å². The maximum Gasteiger partial charge on any atom is 0.309 e. The molecule has 1 aliphatic rings. The number of aryl methyl sites for hydroxylation is 1. The lowest BCUT2D eigenvalue weighted by molar-refractivity contribution is -0.151. The fraction of sp³-hybridized carbons (Fsp3) is 0.588. The van der Waals surface area contributed by atoms with Crippen molar-refractivity contribution in [3.63, 3.8) is 0 Å². The van der Waals surface area contributed by atoms with Crippen LogP contribution in [0.4, 0.5) is 0 Å². The van der Waals surface area contributed by atoms with E-state index in [1.807, 2.05) is 20.8 Å². The third kappa shape index (κ3) is 2.68. The first-order valence-electron chi connectivity index (χ1n) is 7.26. The van der Waals surface area contributed by atoms with E-state index in [4.69, 9.17) is 0 Å². The molecule has 1 aliphatic carbocycles. The third-order valence-electron chi connectivity index (χ3n) is 4.93. The molecule has 1 aromatic carbocycles. The highest BCUT2D eigenvalue weighted by atomic mass is 16.4. The summed E-state index contributed by atoms with van der Waals surface area (Å²) in [5.41, 5.74) is 2.16. The van der Waals surface area contributed by atoms with Crippen molar-refractivity contribution in [2.24, 2.45) is 11.3 Å². The van der Waals surface area contributed by atoms with E-state index >= 15 is 0 Å². The summed E-state index contributed by atoms with van der Waals surface area (Å²) in [6.07, 6.45) is 4.18. The number of fused-ring (bicyclic) bond motifs is 1. The highest BCUT2D eigenvalue weighted by Crippen LogP contribution is 2.43. The first-order valence-corrected chi connectivity index (χ1v) is 7.26. The first kappa shape index (κ1) is 14.1. The van der Waals surface area contributed by atoms with Gasteiger partial charge < -0.3 is 5.11 Å². The van der Waals surface area contributed by atoms with Crippen LogP contribution >= 0.6 is 0 Å². The second kappa shape index (κ2) is 5.36. The number of carboxylic acid groups (broad SMARTS) is 1. The summed E-state index contributed by atoms with van der Waals surface area (Å²) in [7, 11) is 0. The number of hydrogen-bond acceptors (Lipinski definition) is 1. The Balaban J connectivity index is 2.27. The maximum absolute atomic E-state index is 11.6. The van der Waals surface area contributed by atoms with Gasteiger partial charge in [-0.05, 0) is 55.6 Å². The van der Waals surface area contributed by atoms with E-state index < -0.39 is 11.4 Å². The molecule has 0 aromatic heterocycles. The molecule has 2 heteroatoms. The summed E-state index contributed by atoms with van der Waals surface area (Å²) >= 11 is 0. The lowest BCUT2D eigenvalue weighted by Gasteiger charge is -2.35. The Labute approximate surface area is 115 Å². The van der Waals surface area contributed by atoms with E-state index in [1.54, 1.807) is 0 Å². The Morgan fingerprint density at radius 1 is 1.42 bits per heavy atom. The van der Waals surface area contributed by atoms with Gasteiger partial charge in [0.1, 0.15) is 0 Å². The van der Waals surface area contributed by atoms with Crippen molar-refractivity contribution in [2.75, 3.05) is 0 Å². The highest BCUT2D eigenvalue weighted by molar-refractivity contribution is 5.74. The molecule has 1 N–H and O–H groups in total. The van der Waals surface area contributed by atoms with Crippen LogP contribution < -0.4 is 0 Å². The van der Waals surface area contributed by atoms with Crippen LogP contribution in [0.2, 0.25) is 0 Å². The van der Waals surface area contributed by atoms with Gasteiger partial charge in [0.15, 0.2) is 0 Å². The Kier molecular flexibility index (Phi) is 3.98. The van der Waals surface area contributed by atoms with Crippen molar-refractivity contribution in [2.45, 2.75) is 52.4 Å². The Bertz CT molecular complexity index is 464. The SMILES string of the molecule is CC(C)C(C)(CC1CCCc2ccccc21)C(=O)O. The van der Waals surface area contributed by atoms with Crippen LogP contribution in [-0.4, -0.2) is 11.1 Å². The van der Waals surface area contributed by atoms with Crippen LogP contribution in [0.5, 0.6) is 0 Å². The molecule has 0 bridgehead atoms. The monoisotopic (exact) mass is 260 g/mol. The number of benzene rings is 1. The molecule has 1 aromatic rings. The molecule has 0 heterocycles. The van der Waals surface area contributed by atoms with Crippen molar-refractivity contribution in [1.29, 1.82) is 0 Å². The zero-order valence-corrected chi connectivity index (χ0v) is 12.1. The van der Waals surface area contributed by atoms with E-state index in [0.29, 0.717) is 5.92 Å². The Morgan fingerprint density at radius 3 is 2.74 bits per heavy atom. The zero-order valence-electron chi connectivity index (χ0n) is 12.1. The maximum atomic E-state index is 11.6. The molecule has 2 atom stereocenters. The second-order valence-electron chi connectivity index (χ2n) is 6.37.